The normalized spacial score (nSPS) is 11.8. The first-order valence-electron chi connectivity index (χ1n) is 6.38. The summed E-state index contributed by atoms with van der Waals surface area (Å²) in [6, 6.07) is 9.57. The van der Waals surface area contributed by atoms with Gasteiger partial charge in [-0.3, -0.25) is 15.0 Å². The van der Waals surface area contributed by atoms with Crippen molar-refractivity contribution in [2.45, 2.75) is 13.1 Å². The van der Waals surface area contributed by atoms with Crippen LogP contribution in [0.4, 0.5) is 13.2 Å². The van der Waals surface area contributed by atoms with Gasteiger partial charge in [0.25, 0.3) is 5.56 Å². The molecule has 22 heavy (non-hydrogen) atoms. The lowest BCUT2D eigenvalue weighted by atomic mass is 10.2. The molecule has 2 heterocycles. The lowest BCUT2D eigenvalue weighted by Gasteiger charge is -1.99. The molecule has 0 saturated carbocycles. The first kappa shape index (κ1) is 14.2. The Balaban J connectivity index is 2.12. The van der Waals surface area contributed by atoms with Crippen molar-refractivity contribution in [2.75, 3.05) is 0 Å². The quantitative estimate of drug-likeness (QED) is 0.764. The third kappa shape index (κ3) is 2.32. The number of nitrogens with zero attached hydrogens (tertiary/aromatic N) is 2. The van der Waals surface area contributed by atoms with Gasteiger partial charge in [0.15, 0.2) is 0 Å². The summed E-state index contributed by atoms with van der Waals surface area (Å²) in [4.78, 5) is 12.4. The summed E-state index contributed by atoms with van der Waals surface area (Å²) < 4.78 is 39.1. The average Bonchev–Trinajstić information content (AvgIpc) is 3.04. The molecule has 0 saturated heterocycles. The van der Waals surface area contributed by atoms with Crippen molar-refractivity contribution >= 4 is 0 Å². The largest absolute Gasteiger partial charge is 0.432 e. The van der Waals surface area contributed by atoms with Gasteiger partial charge in [0.05, 0.1) is 11.3 Å². The number of nitrogens with one attached hydrogen (secondary N) is 2. The summed E-state index contributed by atoms with van der Waals surface area (Å²) in [7, 11) is 0. The van der Waals surface area contributed by atoms with Crippen LogP contribution >= 0.6 is 0 Å². The molecule has 0 aliphatic carbocycles. The molecule has 5 nitrogen and oxygen atoms in total. The molecule has 3 rings (SSSR count). The van der Waals surface area contributed by atoms with Crippen molar-refractivity contribution in [3.63, 3.8) is 0 Å². The number of aryl methyl sites for hydroxylation is 1. The number of H-pyrrole nitrogens is 2. The maximum Gasteiger partial charge on any atom is 0.432 e. The van der Waals surface area contributed by atoms with E-state index in [4.69, 9.17) is 0 Å². The smallest absolute Gasteiger partial charge is 0.295 e. The van der Waals surface area contributed by atoms with Gasteiger partial charge in [0.1, 0.15) is 11.4 Å². The van der Waals surface area contributed by atoms with E-state index in [1.807, 2.05) is 5.10 Å². The molecule has 0 atom stereocenters. The fourth-order valence-corrected chi connectivity index (χ4v) is 2.20. The van der Waals surface area contributed by atoms with Crippen molar-refractivity contribution < 1.29 is 13.2 Å². The Bertz CT molecular complexity index is 858. The van der Waals surface area contributed by atoms with Gasteiger partial charge in [-0.2, -0.15) is 18.3 Å². The molecule has 0 spiro atoms. The van der Waals surface area contributed by atoms with E-state index in [1.165, 1.54) is 4.68 Å². The summed E-state index contributed by atoms with van der Waals surface area (Å²) in [6.07, 6.45) is -4.53. The number of hydrogen-bond donors (Lipinski definition) is 2. The molecular weight excluding hydrogens is 297 g/mol. The summed E-state index contributed by atoms with van der Waals surface area (Å²) in [5, 5.41) is 8.36. The number of hydrogen-bond acceptors (Lipinski definition) is 2. The number of alkyl halides is 3. The molecule has 2 aromatic heterocycles. The third-order valence-electron chi connectivity index (χ3n) is 3.23. The van der Waals surface area contributed by atoms with Crippen LogP contribution in [-0.2, 0) is 6.18 Å². The highest BCUT2D eigenvalue weighted by molar-refractivity contribution is 5.62. The Labute approximate surface area is 122 Å². The predicted molar refractivity (Wildman–Crippen MR) is 73.7 cm³/mol. The van der Waals surface area contributed by atoms with Crippen LogP contribution in [0.15, 0.2) is 41.2 Å². The van der Waals surface area contributed by atoms with Crippen LogP contribution in [0, 0.1) is 6.92 Å². The zero-order valence-corrected chi connectivity index (χ0v) is 11.4. The highest BCUT2D eigenvalue weighted by atomic mass is 19.4. The van der Waals surface area contributed by atoms with E-state index in [1.54, 1.807) is 37.3 Å². The van der Waals surface area contributed by atoms with Crippen molar-refractivity contribution in [1.29, 1.82) is 0 Å². The molecule has 0 aliphatic heterocycles. The molecule has 0 radical (unpaired) electrons. The van der Waals surface area contributed by atoms with Crippen LogP contribution in [-0.4, -0.2) is 20.0 Å². The molecule has 2 N–H and O–H groups in total. The van der Waals surface area contributed by atoms with Crippen molar-refractivity contribution in [3.05, 3.63) is 58.1 Å². The van der Waals surface area contributed by atoms with E-state index in [-0.39, 0.29) is 11.3 Å². The second-order valence-electron chi connectivity index (χ2n) is 4.75. The maximum atomic E-state index is 12.6. The van der Waals surface area contributed by atoms with Gasteiger partial charge in [0.2, 0.25) is 0 Å². The zero-order chi connectivity index (χ0) is 15.9. The van der Waals surface area contributed by atoms with E-state index in [0.29, 0.717) is 11.4 Å². The first-order valence-corrected chi connectivity index (χ1v) is 6.38. The maximum absolute atomic E-state index is 12.6. The highest BCUT2D eigenvalue weighted by Crippen LogP contribution is 2.30. The predicted octanol–water partition coefficient (Wildman–Crippen LogP) is 2.88. The summed E-state index contributed by atoms with van der Waals surface area (Å²) >= 11 is 0. The fraction of sp³-hybridized carbons (Fsp3) is 0.143. The van der Waals surface area contributed by atoms with Crippen molar-refractivity contribution in [2.24, 2.45) is 0 Å². The van der Waals surface area contributed by atoms with E-state index < -0.39 is 17.4 Å². The van der Waals surface area contributed by atoms with Crippen LogP contribution in [0.5, 0.6) is 0 Å². The number of rotatable bonds is 2. The second kappa shape index (κ2) is 4.90. The van der Waals surface area contributed by atoms with Crippen LogP contribution in [0.1, 0.15) is 11.4 Å². The van der Waals surface area contributed by atoms with Gasteiger partial charge in [0, 0.05) is 5.69 Å². The Morgan fingerprint density at radius 2 is 1.86 bits per heavy atom. The van der Waals surface area contributed by atoms with E-state index >= 15 is 0 Å². The van der Waals surface area contributed by atoms with E-state index in [9.17, 15) is 18.0 Å². The molecule has 0 fully saturated rings. The molecule has 0 bridgehead atoms. The number of para-hydroxylation sites is 1. The molecular formula is C14H11F3N4O. The third-order valence-corrected chi connectivity index (χ3v) is 3.23. The van der Waals surface area contributed by atoms with E-state index in [0.717, 1.165) is 6.07 Å². The lowest BCUT2D eigenvalue weighted by molar-refractivity contribution is -0.141. The minimum absolute atomic E-state index is 0.0410. The van der Waals surface area contributed by atoms with Crippen LogP contribution in [0.25, 0.3) is 16.9 Å². The minimum atomic E-state index is -4.53. The van der Waals surface area contributed by atoms with Crippen LogP contribution < -0.4 is 5.56 Å². The highest BCUT2D eigenvalue weighted by Gasteiger charge is 2.33. The number of aromatic nitrogens is 4. The van der Waals surface area contributed by atoms with Gasteiger partial charge in [-0.05, 0) is 25.1 Å². The molecule has 0 unspecified atom stereocenters. The molecule has 0 amide bonds. The zero-order valence-electron chi connectivity index (χ0n) is 11.4. The monoisotopic (exact) mass is 308 g/mol. The fourth-order valence-electron chi connectivity index (χ4n) is 2.20. The molecule has 3 aromatic rings. The van der Waals surface area contributed by atoms with E-state index in [2.05, 4.69) is 10.2 Å². The Morgan fingerprint density at radius 3 is 2.45 bits per heavy atom. The standard InChI is InChI=1S/C14H11F3N4O/c1-8-12(10-7-11(19-18-10)14(15,16)17)13(22)21(20-8)9-5-3-2-4-6-9/h2-7,20H,1H3,(H,18,19). The van der Waals surface area contributed by atoms with Crippen LogP contribution in [0.2, 0.25) is 0 Å². The molecule has 114 valence electrons. The van der Waals surface area contributed by atoms with Crippen molar-refractivity contribution in [3.8, 4) is 16.9 Å². The molecule has 1 aromatic carbocycles. The number of benzene rings is 1. The molecule has 0 aliphatic rings. The number of aromatic amines is 2. The van der Waals surface area contributed by atoms with Gasteiger partial charge >= 0.3 is 6.18 Å². The van der Waals surface area contributed by atoms with Gasteiger partial charge < -0.3 is 0 Å². The SMILES string of the molecule is Cc1[nH]n(-c2ccccc2)c(=O)c1-c1cc(C(F)(F)F)[nH]n1. The van der Waals surface area contributed by atoms with Crippen LogP contribution in [0.3, 0.4) is 0 Å². The molecule has 8 heteroatoms. The van der Waals surface area contributed by atoms with Gasteiger partial charge in [-0.15, -0.1) is 0 Å². The average molecular weight is 308 g/mol. The van der Waals surface area contributed by atoms with Gasteiger partial charge in [-0.25, -0.2) is 4.68 Å². The topological polar surface area (TPSA) is 66.5 Å². The van der Waals surface area contributed by atoms with Gasteiger partial charge in [-0.1, -0.05) is 18.2 Å². The first-order chi connectivity index (χ1) is 10.4. The second-order valence-corrected chi connectivity index (χ2v) is 4.75. The lowest BCUT2D eigenvalue weighted by Crippen LogP contribution is -2.15. The Hall–Kier alpha value is -2.77. The summed E-state index contributed by atoms with van der Waals surface area (Å²) in [6.45, 7) is 1.61. The summed E-state index contributed by atoms with van der Waals surface area (Å²) in [5.41, 5.74) is -0.350. The summed E-state index contributed by atoms with van der Waals surface area (Å²) in [5.74, 6) is 0. The Kier molecular flexibility index (Phi) is 3.16. The minimum Gasteiger partial charge on any atom is -0.295 e. The van der Waals surface area contributed by atoms with Crippen molar-refractivity contribution in [1.82, 2.24) is 20.0 Å². The Morgan fingerprint density at radius 1 is 1.18 bits per heavy atom. The number of halogens is 3.